The van der Waals surface area contributed by atoms with Gasteiger partial charge in [-0.1, -0.05) is 0 Å². The Morgan fingerprint density at radius 3 is 2.28 bits per heavy atom. The molecule has 0 spiro atoms. The number of benzene rings is 1. The third-order valence-electron chi connectivity index (χ3n) is 3.33. The fraction of sp³-hybridized carbons (Fsp3) is 0.188. The van der Waals surface area contributed by atoms with Gasteiger partial charge in [0.1, 0.15) is 11.3 Å². The number of halogens is 3. The molecule has 2 rings (SSSR count). The molecule has 1 aromatic carbocycles. The maximum Gasteiger partial charge on any atom is 0.344 e. The van der Waals surface area contributed by atoms with Gasteiger partial charge >= 0.3 is 5.97 Å². The molecular formula is C16H12F3NO5. The summed E-state index contributed by atoms with van der Waals surface area (Å²) in [5, 5.41) is 2.06. The first-order valence-electron chi connectivity index (χ1n) is 6.86. The monoisotopic (exact) mass is 355 g/mol. The standard InChI is InChI=1S/C16H12F3NO5/c1-6(21)10-7(2)25-15(11(10)16(23)24-3)20-14(22)8-4-5-9(17)13(19)12(8)18/h4-5H,1-3H3,(H,20,22). The summed E-state index contributed by atoms with van der Waals surface area (Å²) in [6.07, 6.45) is 0. The number of nitrogens with one attached hydrogen (secondary N) is 1. The fourth-order valence-corrected chi connectivity index (χ4v) is 2.23. The molecule has 0 aliphatic rings. The van der Waals surface area contributed by atoms with Crippen molar-refractivity contribution >= 4 is 23.5 Å². The van der Waals surface area contributed by atoms with Crippen molar-refractivity contribution < 1.29 is 36.7 Å². The summed E-state index contributed by atoms with van der Waals surface area (Å²) in [7, 11) is 1.05. The van der Waals surface area contributed by atoms with Gasteiger partial charge in [-0.05, 0) is 26.0 Å². The Hall–Kier alpha value is -3.10. The number of esters is 1. The topological polar surface area (TPSA) is 85.6 Å². The molecule has 0 atom stereocenters. The Kier molecular flexibility index (Phi) is 4.96. The molecule has 1 heterocycles. The van der Waals surface area contributed by atoms with Crippen LogP contribution in [0.1, 0.15) is 43.8 Å². The van der Waals surface area contributed by atoms with E-state index < -0.39 is 46.6 Å². The number of methoxy groups -OCH3 is 1. The second-order valence-corrected chi connectivity index (χ2v) is 4.96. The molecule has 132 valence electrons. The van der Waals surface area contributed by atoms with E-state index in [0.717, 1.165) is 13.2 Å². The van der Waals surface area contributed by atoms with Gasteiger partial charge in [0.25, 0.3) is 5.91 Å². The summed E-state index contributed by atoms with van der Waals surface area (Å²) in [4.78, 5) is 35.7. The van der Waals surface area contributed by atoms with E-state index >= 15 is 0 Å². The van der Waals surface area contributed by atoms with Crippen LogP contribution in [0.3, 0.4) is 0 Å². The van der Waals surface area contributed by atoms with Crippen molar-refractivity contribution in [2.24, 2.45) is 0 Å². The number of furan rings is 1. The molecule has 0 bridgehead atoms. The lowest BCUT2D eigenvalue weighted by Gasteiger charge is -2.06. The number of aryl methyl sites for hydroxylation is 1. The normalized spacial score (nSPS) is 10.5. The molecule has 1 N–H and O–H groups in total. The summed E-state index contributed by atoms with van der Waals surface area (Å²) in [6.45, 7) is 2.54. The van der Waals surface area contributed by atoms with E-state index in [4.69, 9.17) is 4.42 Å². The maximum atomic E-state index is 13.7. The van der Waals surface area contributed by atoms with Crippen molar-refractivity contribution in [1.29, 1.82) is 0 Å². The lowest BCUT2D eigenvalue weighted by atomic mass is 10.1. The Bertz CT molecular complexity index is 888. The Balaban J connectivity index is 2.49. The molecule has 0 radical (unpaired) electrons. The lowest BCUT2D eigenvalue weighted by molar-refractivity contribution is 0.0598. The number of hydrogen-bond acceptors (Lipinski definition) is 5. The smallest absolute Gasteiger partial charge is 0.344 e. The highest BCUT2D eigenvalue weighted by atomic mass is 19.2. The van der Waals surface area contributed by atoms with Gasteiger partial charge < -0.3 is 9.15 Å². The van der Waals surface area contributed by atoms with Crippen molar-refractivity contribution in [3.63, 3.8) is 0 Å². The fourth-order valence-electron chi connectivity index (χ4n) is 2.23. The summed E-state index contributed by atoms with van der Waals surface area (Å²) >= 11 is 0. The molecule has 0 aliphatic carbocycles. The van der Waals surface area contributed by atoms with Gasteiger partial charge in [-0.15, -0.1) is 0 Å². The van der Waals surface area contributed by atoms with Crippen LogP contribution in [0.2, 0.25) is 0 Å². The second kappa shape index (κ2) is 6.80. The van der Waals surface area contributed by atoms with Gasteiger partial charge in [0.05, 0.1) is 18.2 Å². The predicted octanol–water partition coefficient (Wildman–Crippen LogP) is 3.25. The van der Waals surface area contributed by atoms with Crippen molar-refractivity contribution in [1.82, 2.24) is 0 Å². The predicted molar refractivity (Wildman–Crippen MR) is 79.1 cm³/mol. The van der Waals surface area contributed by atoms with Crippen LogP contribution in [0.5, 0.6) is 0 Å². The number of anilines is 1. The van der Waals surface area contributed by atoms with Gasteiger partial charge in [0.15, 0.2) is 23.2 Å². The molecule has 0 fully saturated rings. The van der Waals surface area contributed by atoms with Crippen LogP contribution >= 0.6 is 0 Å². The maximum absolute atomic E-state index is 13.7. The summed E-state index contributed by atoms with van der Waals surface area (Å²) in [5.74, 6) is -8.13. The minimum Gasteiger partial charge on any atom is -0.465 e. The Morgan fingerprint density at radius 1 is 1.08 bits per heavy atom. The SMILES string of the molecule is COC(=O)c1c(NC(=O)c2ccc(F)c(F)c2F)oc(C)c1C(C)=O. The van der Waals surface area contributed by atoms with Gasteiger partial charge in [-0.3, -0.25) is 14.9 Å². The van der Waals surface area contributed by atoms with E-state index in [2.05, 4.69) is 10.1 Å². The number of Topliss-reactive ketones (excluding diaryl/α,β-unsaturated/α-hetero) is 1. The van der Waals surface area contributed by atoms with Crippen molar-refractivity contribution in [2.45, 2.75) is 13.8 Å². The van der Waals surface area contributed by atoms with Gasteiger partial charge in [-0.25, -0.2) is 18.0 Å². The molecule has 0 unspecified atom stereocenters. The first kappa shape index (κ1) is 18.2. The van der Waals surface area contributed by atoms with Crippen LogP contribution in [0.15, 0.2) is 16.5 Å². The number of hydrogen-bond donors (Lipinski definition) is 1. The van der Waals surface area contributed by atoms with E-state index in [9.17, 15) is 27.6 Å². The molecular weight excluding hydrogens is 343 g/mol. The number of carbonyl (C=O) groups is 3. The third-order valence-corrected chi connectivity index (χ3v) is 3.33. The average molecular weight is 355 g/mol. The van der Waals surface area contributed by atoms with Crippen LogP contribution in [0.4, 0.5) is 19.1 Å². The largest absolute Gasteiger partial charge is 0.465 e. The van der Waals surface area contributed by atoms with Crippen LogP contribution in [-0.2, 0) is 4.74 Å². The number of rotatable bonds is 4. The van der Waals surface area contributed by atoms with Crippen molar-refractivity contribution in [2.75, 3.05) is 12.4 Å². The quantitative estimate of drug-likeness (QED) is 0.517. The van der Waals surface area contributed by atoms with E-state index in [1.165, 1.54) is 13.8 Å². The van der Waals surface area contributed by atoms with Crippen LogP contribution < -0.4 is 5.32 Å². The molecule has 2 aromatic rings. The van der Waals surface area contributed by atoms with Crippen LogP contribution in [-0.4, -0.2) is 24.8 Å². The summed E-state index contributed by atoms with van der Waals surface area (Å²) in [5.41, 5.74) is -1.29. The number of amides is 1. The number of carbonyl (C=O) groups excluding carboxylic acids is 3. The van der Waals surface area contributed by atoms with E-state index in [1.807, 2.05) is 0 Å². The Labute approximate surface area is 139 Å². The van der Waals surface area contributed by atoms with E-state index in [-0.39, 0.29) is 16.9 Å². The highest BCUT2D eigenvalue weighted by molar-refractivity contribution is 6.12. The van der Waals surface area contributed by atoms with E-state index in [0.29, 0.717) is 6.07 Å². The number of ketones is 1. The van der Waals surface area contributed by atoms with Gasteiger partial charge in [-0.2, -0.15) is 0 Å². The third kappa shape index (κ3) is 3.25. The summed E-state index contributed by atoms with van der Waals surface area (Å²) < 4.78 is 49.6. The molecule has 0 aliphatic heterocycles. The molecule has 1 aromatic heterocycles. The van der Waals surface area contributed by atoms with Gasteiger partial charge in [0.2, 0.25) is 5.88 Å². The number of ether oxygens (including phenoxy) is 1. The van der Waals surface area contributed by atoms with E-state index in [1.54, 1.807) is 0 Å². The molecule has 0 saturated heterocycles. The highest BCUT2D eigenvalue weighted by Gasteiger charge is 2.29. The van der Waals surface area contributed by atoms with Crippen molar-refractivity contribution in [3.8, 4) is 0 Å². The first-order chi connectivity index (χ1) is 11.7. The minimum atomic E-state index is -1.82. The zero-order valence-electron chi connectivity index (χ0n) is 13.3. The summed E-state index contributed by atoms with van der Waals surface area (Å²) in [6, 6.07) is 1.30. The van der Waals surface area contributed by atoms with Crippen LogP contribution in [0, 0.1) is 24.4 Å². The van der Waals surface area contributed by atoms with Gasteiger partial charge in [0, 0.05) is 0 Å². The first-order valence-corrected chi connectivity index (χ1v) is 6.86. The highest BCUT2D eigenvalue weighted by Crippen LogP contribution is 2.29. The Morgan fingerprint density at radius 2 is 1.72 bits per heavy atom. The molecule has 0 saturated carbocycles. The molecule has 1 amide bonds. The lowest BCUT2D eigenvalue weighted by Crippen LogP contribution is -2.17. The second-order valence-electron chi connectivity index (χ2n) is 4.96. The molecule has 25 heavy (non-hydrogen) atoms. The molecule has 9 heteroatoms. The minimum absolute atomic E-state index is 0.0222. The zero-order chi connectivity index (χ0) is 18.9. The van der Waals surface area contributed by atoms with Crippen LogP contribution in [0.25, 0.3) is 0 Å². The zero-order valence-corrected chi connectivity index (χ0v) is 13.3. The van der Waals surface area contributed by atoms with Crippen molar-refractivity contribution in [3.05, 3.63) is 52.0 Å². The average Bonchev–Trinajstić information content (AvgIpc) is 2.87. The molecule has 6 nitrogen and oxygen atoms in total.